The van der Waals surface area contributed by atoms with Gasteiger partial charge in [0.15, 0.2) is 0 Å². The van der Waals surface area contributed by atoms with Gasteiger partial charge in [0.25, 0.3) is 17.5 Å². The van der Waals surface area contributed by atoms with Crippen LogP contribution in [-0.2, 0) is 14.3 Å². The normalized spacial score (nSPS) is 18.5. The zero-order valence-corrected chi connectivity index (χ0v) is 13.0. The first-order valence-electron chi connectivity index (χ1n) is 6.46. The molecule has 1 saturated heterocycles. The second kappa shape index (κ2) is 6.80. The van der Waals surface area contributed by atoms with Crippen molar-refractivity contribution in [2.45, 2.75) is 5.72 Å². The Morgan fingerprint density at radius 2 is 1.77 bits per heavy atom. The number of primary amides is 1. The van der Waals surface area contributed by atoms with E-state index in [2.05, 4.69) is 5.32 Å². The number of hydrogen-bond donors (Lipinski definition) is 3. The van der Waals surface area contributed by atoms with Crippen LogP contribution in [0.25, 0.3) is 0 Å². The number of nitrogens with two attached hydrogens (primary N) is 1. The summed E-state index contributed by atoms with van der Waals surface area (Å²) >= 11 is 11.7. The molecule has 1 aromatic carbocycles. The fourth-order valence-corrected chi connectivity index (χ4v) is 2.67. The number of nitrogens with zero attached hydrogens (tertiary/aromatic N) is 1. The number of benzene rings is 1. The van der Waals surface area contributed by atoms with Crippen molar-refractivity contribution in [2.24, 2.45) is 5.73 Å². The van der Waals surface area contributed by atoms with Crippen LogP contribution >= 0.6 is 23.2 Å². The monoisotopic (exact) mass is 347 g/mol. The third-order valence-corrected chi connectivity index (χ3v) is 3.69. The Hall–Kier alpha value is -1.38. The number of morpholine rings is 1. The molecule has 1 atom stereocenters. The number of amides is 2. The first-order chi connectivity index (χ1) is 10.3. The first-order valence-corrected chi connectivity index (χ1v) is 7.22. The predicted octanol–water partition coefficient (Wildman–Crippen LogP) is 0.438. The van der Waals surface area contributed by atoms with Gasteiger partial charge in [0.05, 0.1) is 13.2 Å². The Balaban J connectivity index is 2.24. The van der Waals surface area contributed by atoms with E-state index in [4.69, 9.17) is 33.7 Å². The maximum absolute atomic E-state index is 12.4. The highest BCUT2D eigenvalue weighted by molar-refractivity contribution is 6.35. The second-order valence-corrected chi connectivity index (χ2v) is 5.62. The van der Waals surface area contributed by atoms with Crippen molar-refractivity contribution in [3.8, 4) is 0 Å². The number of nitrogens with one attached hydrogen (secondary N) is 1. The molecule has 1 unspecified atom stereocenters. The fourth-order valence-electron chi connectivity index (χ4n) is 2.14. The maximum atomic E-state index is 12.4. The second-order valence-electron chi connectivity index (χ2n) is 4.75. The quantitative estimate of drug-likeness (QED) is 0.685. The van der Waals surface area contributed by atoms with Crippen molar-refractivity contribution >= 4 is 40.7 Å². The van der Waals surface area contributed by atoms with E-state index in [1.165, 1.54) is 23.1 Å². The van der Waals surface area contributed by atoms with Crippen LogP contribution in [0.1, 0.15) is 0 Å². The SMILES string of the molecule is NC(=O)C(O)(C(=O)Nc1cc(Cl)cc(Cl)c1)N1CCOCC1. The van der Waals surface area contributed by atoms with E-state index in [9.17, 15) is 14.7 Å². The molecule has 0 bridgehead atoms. The van der Waals surface area contributed by atoms with E-state index in [0.717, 1.165) is 0 Å². The molecule has 4 N–H and O–H groups in total. The van der Waals surface area contributed by atoms with Crippen LogP contribution in [0.5, 0.6) is 0 Å². The molecule has 2 rings (SSSR count). The zero-order chi connectivity index (χ0) is 16.3. The molecule has 7 nitrogen and oxygen atoms in total. The van der Waals surface area contributed by atoms with E-state index < -0.39 is 17.5 Å². The largest absolute Gasteiger partial charge is 0.379 e. The number of halogens is 2. The first kappa shape index (κ1) is 17.0. The summed E-state index contributed by atoms with van der Waals surface area (Å²) in [6.07, 6.45) is 0. The number of carbonyl (C=O) groups is 2. The summed E-state index contributed by atoms with van der Waals surface area (Å²) in [6, 6.07) is 4.36. The minimum atomic E-state index is -2.47. The summed E-state index contributed by atoms with van der Waals surface area (Å²) < 4.78 is 5.13. The van der Waals surface area contributed by atoms with Crippen molar-refractivity contribution < 1.29 is 19.4 Å². The van der Waals surface area contributed by atoms with Gasteiger partial charge in [-0.1, -0.05) is 23.2 Å². The molecule has 1 aliphatic rings. The van der Waals surface area contributed by atoms with Crippen LogP contribution in [0.2, 0.25) is 10.0 Å². The molecule has 22 heavy (non-hydrogen) atoms. The Bertz CT molecular complexity index is 572. The van der Waals surface area contributed by atoms with Crippen LogP contribution in [0.15, 0.2) is 18.2 Å². The van der Waals surface area contributed by atoms with Gasteiger partial charge in [-0.3, -0.25) is 14.5 Å². The lowest BCUT2D eigenvalue weighted by Gasteiger charge is -2.37. The Morgan fingerprint density at radius 1 is 1.23 bits per heavy atom. The summed E-state index contributed by atoms with van der Waals surface area (Å²) in [5, 5.41) is 13.5. The molecule has 1 aliphatic heterocycles. The predicted molar refractivity (Wildman–Crippen MR) is 81.6 cm³/mol. The molecule has 1 heterocycles. The highest BCUT2D eigenvalue weighted by Crippen LogP contribution is 2.24. The smallest absolute Gasteiger partial charge is 0.282 e. The van der Waals surface area contributed by atoms with Crippen LogP contribution in [-0.4, -0.2) is 53.8 Å². The molecule has 0 saturated carbocycles. The van der Waals surface area contributed by atoms with Gasteiger partial charge >= 0.3 is 0 Å². The van der Waals surface area contributed by atoms with E-state index in [1.54, 1.807) is 0 Å². The standard InChI is InChI=1S/C13H15Cl2N3O4/c14-8-5-9(15)7-10(6-8)17-12(20)13(21,11(16)19)18-1-3-22-4-2-18/h5-7,21H,1-4H2,(H2,16,19)(H,17,20). The molecule has 1 fully saturated rings. The third kappa shape index (κ3) is 3.50. The molecule has 9 heteroatoms. The molecule has 1 aromatic rings. The number of rotatable bonds is 4. The van der Waals surface area contributed by atoms with E-state index >= 15 is 0 Å². The Morgan fingerprint density at radius 3 is 2.27 bits per heavy atom. The summed E-state index contributed by atoms with van der Waals surface area (Å²) in [4.78, 5) is 25.3. The molecular weight excluding hydrogens is 333 g/mol. The Labute approximate surface area is 136 Å². The van der Waals surface area contributed by atoms with Gasteiger partial charge in [0, 0.05) is 28.8 Å². The number of anilines is 1. The minimum Gasteiger partial charge on any atom is -0.379 e. The lowest BCUT2D eigenvalue weighted by molar-refractivity contribution is -0.177. The molecule has 2 amide bonds. The highest BCUT2D eigenvalue weighted by Gasteiger charge is 2.48. The van der Waals surface area contributed by atoms with E-state index in [-0.39, 0.29) is 32.0 Å². The summed E-state index contributed by atoms with van der Waals surface area (Å²) in [5.41, 5.74) is 3.00. The lowest BCUT2D eigenvalue weighted by atomic mass is 10.1. The third-order valence-electron chi connectivity index (χ3n) is 3.25. The van der Waals surface area contributed by atoms with Gasteiger partial charge in [0.2, 0.25) is 0 Å². The minimum absolute atomic E-state index is 0.198. The fraction of sp³-hybridized carbons (Fsp3) is 0.385. The van der Waals surface area contributed by atoms with Crippen molar-refractivity contribution in [2.75, 3.05) is 31.6 Å². The molecule has 0 radical (unpaired) electrons. The number of carbonyl (C=O) groups excluding carboxylic acids is 2. The van der Waals surface area contributed by atoms with Gasteiger partial charge in [0.1, 0.15) is 0 Å². The van der Waals surface area contributed by atoms with Gasteiger partial charge in [-0.05, 0) is 18.2 Å². The van der Waals surface area contributed by atoms with E-state index in [0.29, 0.717) is 10.0 Å². The summed E-state index contributed by atoms with van der Waals surface area (Å²) in [7, 11) is 0. The number of hydrogen-bond acceptors (Lipinski definition) is 5. The molecule has 0 aromatic heterocycles. The van der Waals surface area contributed by atoms with Gasteiger partial charge in [-0.15, -0.1) is 0 Å². The summed E-state index contributed by atoms with van der Waals surface area (Å²) in [6.45, 7) is 0.962. The van der Waals surface area contributed by atoms with Gasteiger partial charge < -0.3 is 20.9 Å². The van der Waals surface area contributed by atoms with Crippen molar-refractivity contribution in [3.63, 3.8) is 0 Å². The van der Waals surface area contributed by atoms with Crippen molar-refractivity contribution in [1.29, 1.82) is 0 Å². The van der Waals surface area contributed by atoms with Crippen LogP contribution in [0.3, 0.4) is 0 Å². The van der Waals surface area contributed by atoms with Crippen molar-refractivity contribution in [1.82, 2.24) is 4.90 Å². The Kier molecular flexibility index (Phi) is 5.25. The molecule has 0 spiro atoms. The average Bonchev–Trinajstić information content (AvgIpc) is 2.45. The average molecular weight is 348 g/mol. The van der Waals surface area contributed by atoms with Crippen molar-refractivity contribution in [3.05, 3.63) is 28.2 Å². The van der Waals surface area contributed by atoms with Gasteiger partial charge in [-0.25, -0.2) is 0 Å². The summed E-state index contributed by atoms with van der Waals surface area (Å²) in [5.74, 6) is -2.14. The molecule has 120 valence electrons. The van der Waals surface area contributed by atoms with Crippen LogP contribution < -0.4 is 11.1 Å². The molecular formula is C13H15Cl2N3O4. The van der Waals surface area contributed by atoms with Crippen LogP contribution in [0, 0.1) is 0 Å². The van der Waals surface area contributed by atoms with E-state index in [1.807, 2.05) is 0 Å². The lowest BCUT2D eigenvalue weighted by Crippen LogP contribution is -2.66. The zero-order valence-electron chi connectivity index (χ0n) is 11.5. The van der Waals surface area contributed by atoms with Crippen LogP contribution in [0.4, 0.5) is 5.69 Å². The maximum Gasteiger partial charge on any atom is 0.282 e. The number of aliphatic hydroxyl groups is 1. The highest BCUT2D eigenvalue weighted by atomic mass is 35.5. The topological polar surface area (TPSA) is 105 Å². The van der Waals surface area contributed by atoms with Gasteiger partial charge in [-0.2, -0.15) is 0 Å². The number of ether oxygens (including phenoxy) is 1. The molecule has 0 aliphatic carbocycles.